The lowest BCUT2D eigenvalue weighted by molar-refractivity contribution is 0.592. The van der Waals surface area contributed by atoms with Crippen LogP contribution in [0.25, 0.3) is 60.3 Å². The van der Waals surface area contributed by atoms with Crippen LogP contribution in [0.5, 0.6) is 0 Å². The van der Waals surface area contributed by atoms with Crippen molar-refractivity contribution in [3.8, 4) is 11.1 Å². The van der Waals surface area contributed by atoms with Gasteiger partial charge >= 0.3 is 0 Å². The predicted molar refractivity (Wildman–Crippen MR) is 190 cm³/mol. The van der Waals surface area contributed by atoms with Crippen LogP contribution in [-0.2, 0) is 4.57 Å². The molecule has 0 N–H and O–H groups in total. The highest BCUT2D eigenvalue weighted by molar-refractivity contribution is 7.85. The molecule has 0 bridgehead atoms. The number of rotatable bonds is 4. The Hall–Kier alpha value is -5.50. The largest absolute Gasteiger partial charge is 0.309 e. The second-order valence-electron chi connectivity index (χ2n) is 11.5. The number of imidazole rings is 1. The lowest BCUT2D eigenvalue weighted by atomic mass is 9.99. The Bertz CT molecular complexity index is 2610. The van der Waals surface area contributed by atoms with Crippen molar-refractivity contribution in [3.63, 3.8) is 0 Å². The lowest BCUT2D eigenvalue weighted by Gasteiger charge is -2.21. The van der Waals surface area contributed by atoms with Gasteiger partial charge in [0, 0.05) is 32.1 Å². The fraction of sp³-hybridized carbons (Fsp3) is 0. The molecule has 0 spiro atoms. The van der Waals surface area contributed by atoms with Crippen molar-refractivity contribution in [1.29, 1.82) is 0 Å². The van der Waals surface area contributed by atoms with E-state index in [1.807, 2.05) is 66.7 Å². The minimum absolute atomic E-state index is 0.812. The first-order valence-corrected chi connectivity index (χ1v) is 16.9. The molecule has 0 aliphatic carbocycles. The Balaban J connectivity index is 1.38. The molecule has 0 saturated heterocycles. The average Bonchev–Trinajstić information content (AvgIpc) is 3.52. The average molecular weight is 595 g/mol. The van der Waals surface area contributed by atoms with Crippen LogP contribution in [0.4, 0.5) is 0 Å². The first kappa shape index (κ1) is 25.9. The highest BCUT2D eigenvalue weighted by Crippen LogP contribution is 2.45. The summed E-state index contributed by atoms with van der Waals surface area (Å²) in [5.41, 5.74) is 6.23. The van der Waals surface area contributed by atoms with Crippen LogP contribution in [0.2, 0.25) is 0 Å². The van der Waals surface area contributed by atoms with Gasteiger partial charge in [-0.15, -0.1) is 0 Å². The number of hydrogen-bond donors (Lipinski definition) is 0. The van der Waals surface area contributed by atoms with E-state index in [0.717, 1.165) is 70.8 Å². The highest BCUT2D eigenvalue weighted by atomic mass is 31.2. The summed E-state index contributed by atoms with van der Waals surface area (Å²) in [4.78, 5) is 5.11. The molecule has 1 unspecified atom stereocenters. The summed E-state index contributed by atoms with van der Waals surface area (Å²) in [7, 11) is -3.25. The van der Waals surface area contributed by atoms with Crippen molar-refractivity contribution < 1.29 is 4.57 Å². The molecule has 9 aromatic rings. The van der Waals surface area contributed by atoms with E-state index < -0.39 is 7.14 Å². The van der Waals surface area contributed by atoms with Gasteiger partial charge < -0.3 is 4.57 Å². The summed E-state index contributed by atoms with van der Waals surface area (Å²) in [5, 5.41) is 8.05. The highest BCUT2D eigenvalue weighted by Gasteiger charge is 2.30. The maximum absolute atomic E-state index is 15.7. The van der Waals surface area contributed by atoms with E-state index in [9.17, 15) is 0 Å². The molecule has 0 saturated carbocycles. The van der Waals surface area contributed by atoms with Crippen molar-refractivity contribution in [2.24, 2.45) is 0 Å². The number of fused-ring (bicyclic) bond motifs is 10. The van der Waals surface area contributed by atoms with Crippen molar-refractivity contribution in [1.82, 2.24) is 9.38 Å². The van der Waals surface area contributed by atoms with Crippen LogP contribution in [0.15, 0.2) is 164 Å². The van der Waals surface area contributed by atoms with Gasteiger partial charge in [0.15, 0.2) is 7.14 Å². The molecule has 0 radical (unpaired) electrons. The minimum atomic E-state index is -3.25. The summed E-state index contributed by atoms with van der Waals surface area (Å²) >= 11 is 0. The third-order valence-electron chi connectivity index (χ3n) is 9.04. The van der Waals surface area contributed by atoms with Gasteiger partial charge in [-0.25, -0.2) is 4.98 Å². The lowest BCUT2D eigenvalue weighted by Crippen LogP contribution is -2.25. The van der Waals surface area contributed by atoms with E-state index >= 15 is 4.57 Å². The molecule has 1 atom stereocenters. The third-order valence-corrected chi connectivity index (χ3v) is 12.1. The third kappa shape index (κ3) is 3.91. The van der Waals surface area contributed by atoms with Crippen LogP contribution in [-0.4, -0.2) is 9.38 Å². The second kappa shape index (κ2) is 10.0. The van der Waals surface area contributed by atoms with Gasteiger partial charge in [0.2, 0.25) is 0 Å². The SMILES string of the molecule is O=P(c1ccccc1)(c1ccc(-c2ccccc2)cc1)c1ccc2c(c1)c1c3ccccc3ccc1c1nc3ccccc3n21. The quantitative estimate of drug-likeness (QED) is 0.150. The molecule has 0 amide bonds. The molecule has 4 heteroatoms. The van der Waals surface area contributed by atoms with E-state index in [2.05, 4.69) is 101 Å². The number of nitrogens with zero attached hydrogens (tertiary/aromatic N) is 2. The maximum atomic E-state index is 15.7. The monoisotopic (exact) mass is 594 g/mol. The molecule has 0 aliphatic heterocycles. The Morgan fingerprint density at radius 1 is 0.467 bits per heavy atom. The van der Waals surface area contributed by atoms with Crippen molar-refractivity contribution in [2.45, 2.75) is 0 Å². The van der Waals surface area contributed by atoms with E-state index in [1.54, 1.807) is 0 Å². The number of para-hydroxylation sites is 2. The van der Waals surface area contributed by atoms with Crippen molar-refractivity contribution in [3.05, 3.63) is 164 Å². The molecular formula is C41H27N2OP. The van der Waals surface area contributed by atoms with E-state index in [-0.39, 0.29) is 0 Å². The molecule has 3 nitrogen and oxygen atoms in total. The Morgan fingerprint density at radius 2 is 1.11 bits per heavy atom. The minimum Gasteiger partial charge on any atom is -0.309 e. The summed E-state index contributed by atoms with van der Waals surface area (Å²) in [6, 6.07) is 56.0. The molecule has 0 aliphatic rings. The van der Waals surface area contributed by atoms with Gasteiger partial charge in [0.1, 0.15) is 5.65 Å². The van der Waals surface area contributed by atoms with Crippen LogP contribution in [0.3, 0.4) is 0 Å². The first-order chi connectivity index (χ1) is 22.2. The van der Waals surface area contributed by atoms with E-state index in [1.165, 1.54) is 5.39 Å². The summed E-state index contributed by atoms with van der Waals surface area (Å²) < 4.78 is 18.0. The smallest absolute Gasteiger partial charge is 0.171 e. The molecule has 0 fully saturated rings. The maximum Gasteiger partial charge on any atom is 0.171 e. The van der Waals surface area contributed by atoms with Crippen LogP contribution >= 0.6 is 7.14 Å². The summed E-state index contributed by atoms with van der Waals surface area (Å²) in [6.07, 6.45) is 0. The molecule has 2 heterocycles. The normalized spacial score (nSPS) is 13.2. The topological polar surface area (TPSA) is 34.4 Å². The van der Waals surface area contributed by atoms with E-state index in [4.69, 9.17) is 4.98 Å². The number of pyridine rings is 1. The standard InChI is InChI=1S/C41H27N2OP/c44-45(31-14-5-2-6-15-31,32-22-19-29(20-23-32)28-11-3-1-4-12-28)33-24-26-38-36(27-33)40-34-16-8-7-13-30(34)21-25-35(40)41-42-37-17-9-10-18-39(37)43(38)41/h1-27H. The first-order valence-electron chi connectivity index (χ1n) is 15.2. The zero-order valence-electron chi connectivity index (χ0n) is 24.3. The zero-order valence-corrected chi connectivity index (χ0v) is 25.2. The Labute approximate surface area is 260 Å². The molecule has 9 rings (SSSR count). The zero-order chi connectivity index (χ0) is 30.0. The van der Waals surface area contributed by atoms with E-state index in [0.29, 0.717) is 0 Å². The summed E-state index contributed by atoms with van der Waals surface area (Å²) in [5.74, 6) is 0. The van der Waals surface area contributed by atoms with Crippen molar-refractivity contribution in [2.75, 3.05) is 0 Å². The van der Waals surface area contributed by atoms with Crippen molar-refractivity contribution >= 4 is 72.2 Å². The van der Waals surface area contributed by atoms with Gasteiger partial charge in [0.25, 0.3) is 0 Å². The second-order valence-corrected chi connectivity index (χ2v) is 14.3. The Kier molecular flexibility index (Phi) is 5.78. The molecule has 7 aromatic carbocycles. The summed E-state index contributed by atoms with van der Waals surface area (Å²) in [6.45, 7) is 0. The van der Waals surface area contributed by atoms with Gasteiger partial charge in [-0.3, -0.25) is 4.40 Å². The predicted octanol–water partition coefficient (Wildman–Crippen LogP) is 9.25. The fourth-order valence-corrected chi connectivity index (χ4v) is 9.54. The fourth-order valence-electron chi connectivity index (χ4n) is 6.89. The number of benzene rings is 7. The Morgan fingerprint density at radius 3 is 1.93 bits per heavy atom. The van der Waals surface area contributed by atoms with Crippen LogP contribution < -0.4 is 15.9 Å². The molecule has 212 valence electrons. The van der Waals surface area contributed by atoms with Gasteiger partial charge in [0.05, 0.1) is 16.6 Å². The molecular weight excluding hydrogens is 567 g/mol. The molecule has 45 heavy (non-hydrogen) atoms. The van der Waals surface area contributed by atoms with Gasteiger partial charge in [-0.1, -0.05) is 127 Å². The van der Waals surface area contributed by atoms with Crippen LogP contribution in [0.1, 0.15) is 0 Å². The van der Waals surface area contributed by atoms with Crippen LogP contribution in [0, 0.1) is 0 Å². The number of aromatic nitrogens is 2. The van der Waals surface area contributed by atoms with Gasteiger partial charge in [-0.05, 0) is 58.3 Å². The number of hydrogen-bond acceptors (Lipinski definition) is 2. The van der Waals surface area contributed by atoms with Gasteiger partial charge in [-0.2, -0.15) is 0 Å². The molecule has 2 aromatic heterocycles.